The number of hydrogen-bond donors (Lipinski definition) is 2. The number of carbonyl (C=O) groups is 2. The molecule has 1 aliphatic heterocycles. The Morgan fingerprint density at radius 2 is 1.71 bits per heavy atom. The maximum absolute atomic E-state index is 12.4. The molecule has 1 aliphatic rings. The van der Waals surface area contributed by atoms with Crippen LogP contribution in [0.5, 0.6) is 0 Å². The van der Waals surface area contributed by atoms with E-state index in [9.17, 15) is 9.59 Å². The third-order valence-electron chi connectivity index (χ3n) is 5.29. The van der Waals surface area contributed by atoms with Gasteiger partial charge in [-0.15, -0.1) is 5.10 Å². The summed E-state index contributed by atoms with van der Waals surface area (Å²) in [6, 6.07) is 17.2. The van der Waals surface area contributed by atoms with Crippen LogP contribution in [-0.2, 0) is 16.0 Å². The number of tetrazole rings is 1. The smallest absolute Gasteiger partial charge is 0.238 e. The number of para-hydroxylation sites is 1. The molecule has 2 amide bonds. The van der Waals surface area contributed by atoms with Gasteiger partial charge in [-0.2, -0.15) is 0 Å². The Morgan fingerprint density at radius 1 is 0.968 bits per heavy atom. The summed E-state index contributed by atoms with van der Waals surface area (Å²) in [5, 5.41) is 17.1. The van der Waals surface area contributed by atoms with Gasteiger partial charge in [-0.3, -0.25) is 14.5 Å². The van der Waals surface area contributed by atoms with Crippen LogP contribution in [0.3, 0.4) is 0 Å². The molecule has 0 unspecified atom stereocenters. The number of aromatic nitrogens is 4. The molecule has 2 N–H and O–H groups in total. The summed E-state index contributed by atoms with van der Waals surface area (Å²) in [4.78, 5) is 26.8. The van der Waals surface area contributed by atoms with Gasteiger partial charge < -0.3 is 10.6 Å². The minimum absolute atomic E-state index is 0.00967. The summed E-state index contributed by atoms with van der Waals surface area (Å²) in [7, 11) is 0. The molecular formula is C22H25N7O2. The van der Waals surface area contributed by atoms with Crippen LogP contribution >= 0.6 is 0 Å². The average molecular weight is 419 g/mol. The molecular weight excluding hydrogens is 394 g/mol. The fraction of sp³-hybridized carbons (Fsp3) is 0.318. The number of likely N-dealkylation sites (tertiary alicyclic amines) is 1. The van der Waals surface area contributed by atoms with Crippen molar-refractivity contribution >= 4 is 17.5 Å². The highest BCUT2D eigenvalue weighted by molar-refractivity contribution is 5.92. The van der Waals surface area contributed by atoms with Crippen molar-refractivity contribution in [2.45, 2.75) is 25.3 Å². The number of anilines is 1. The second kappa shape index (κ2) is 9.94. The van der Waals surface area contributed by atoms with Gasteiger partial charge in [0.1, 0.15) is 6.33 Å². The van der Waals surface area contributed by atoms with E-state index in [1.807, 2.05) is 54.6 Å². The maximum atomic E-state index is 12.4. The molecule has 31 heavy (non-hydrogen) atoms. The van der Waals surface area contributed by atoms with Crippen LogP contribution in [0.1, 0.15) is 18.4 Å². The summed E-state index contributed by atoms with van der Waals surface area (Å²) in [5.74, 6) is -0.00532. The van der Waals surface area contributed by atoms with E-state index >= 15 is 0 Å². The second-order valence-electron chi connectivity index (χ2n) is 7.63. The van der Waals surface area contributed by atoms with Gasteiger partial charge in [0, 0.05) is 24.8 Å². The molecule has 1 fully saturated rings. The zero-order valence-electron chi connectivity index (χ0n) is 17.1. The first-order valence-corrected chi connectivity index (χ1v) is 10.3. The van der Waals surface area contributed by atoms with Crippen LogP contribution in [0, 0.1) is 0 Å². The number of carbonyl (C=O) groups excluding carboxylic acids is 2. The van der Waals surface area contributed by atoms with Crippen LogP contribution in [0.25, 0.3) is 5.69 Å². The molecule has 0 spiro atoms. The molecule has 0 atom stereocenters. The molecule has 0 radical (unpaired) electrons. The first kappa shape index (κ1) is 20.7. The Bertz CT molecular complexity index is 982. The number of rotatable bonds is 7. The van der Waals surface area contributed by atoms with Gasteiger partial charge in [0.05, 0.1) is 18.7 Å². The van der Waals surface area contributed by atoms with Gasteiger partial charge in [0.25, 0.3) is 0 Å². The van der Waals surface area contributed by atoms with Gasteiger partial charge in [0.15, 0.2) is 0 Å². The number of nitrogens with one attached hydrogen (secondary N) is 2. The van der Waals surface area contributed by atoms with Gasteiger partial charge in [0.2, 0.25) is 11.8 Å². The molecule has 9 heteroatoms. The zero-order chi connectivity index (χ0) is 21.5. The van der Waals surface area contributed by atoms with E-state index in [0.717, 1.165) is 42.9 Å². The highest BCUT2D eigenvalue weighted by Crippen LogP contribution is 2.13. The Morgan fingerprint density at radius 3 is 2.39 bits per heavy atom. The monoisotopic (exact) mass is 419 g/mol. The molecule has 160 valence electrons. The van der Waals surface area contributed by atoms with E-state index in [0.29, 0.717) is 13.0 Å². The Hall–Kier alpha value is -3.59. The molecule has 4 rings (SSSR count). The fourth-order valence-electron chi connectivity index (χ4n) is 3.67. The van der Waals surface area contributed by atoms with Gasteiger partial charge in [-0.05, 0) is 53.1 Å². The van der Waals surface area contributed by atoms with Gasteiger partial charge >= 0.3 is 0 Å². The molecule has 2 heterocycles. The first-order valence-electron chi connectivity index (χ1n) is 10.3. The van der Waals surface area contributed by atoms with E-state index in [-0.39, 0.29) is 17.9 Å². The predicted molar refractivity (Wildman–Crippen MR) is 116 cm³/mol. The second-order valence-corrected chi connectivity index (χ2v) is 7.63. The lowest BCUT2D eigenvalue weighted by Gasteiger charge is -2.31. The zero-order valence-corrected chi connectivity index (χ0v) is 17.1. The molecule has 0 bridgehead atoms. The third kappa shape index (κ3) is 5.95. The number of hydrogen-bond acceptors (Lipinski definition) is 6. The Kier molecular flexibility index (Phi) is 6.63. The van der Waals surface area contributed by atoms with Crippen molar-refractivity contribution in [1.82, 2.24) is 30.4 Å². The topological polar surface area (TPSA) is 105 Å². The van der Waals surface area contributed by atoms with Crippen LogP contribution in [0.4, 0.5) is 5.69 Å². The Labute approximate surface area is 180 Å². The van der Waals surface area contributed by atoms with Crippen LogP contribution < -0.4 is 10.6 Å². The summed E-state index contributed by atoms with van der Waals surface area (Å²) in [6.45, 7) is 1.94. The summed E-state index contributed by atoms with van der Waals surface area (Å²) in [6.07, 6.45) is 3.53. The summed E-state index contributed by atoms with van der Waals surface area (Å²) in [5.41, 5.74) is 2.59. The molecule has 3 aromatic rings. The van der Waals surface area contributed by atoms with Gasteiger partial charge in [-0.25, -0.2) is 4.68 Å². The number of benzene rings is 2. The lowest BCUT2D eigenvalue weighted by atomic mass is 10.0. The summed E-state index contributed by atoms with van der Waals surface area (Å²) >= 11 is 0. The normalized spacial score (nSPS) is 14.8. The number of piperidine rings is 1. The van der Waals surface area contributed by atoms with Gasteiger partial charge in [-0.1, -0.05) is 30.3 Å². The van der Waals surface area contributed by atoms with E-state index in [4.69, 9.17) is 0 Å². The molecule has 9 nitrogen and oxygen atoms in total. The van der Waals surface area contributed by atoms with E-state index < -0.39 is 0 Å². The number of nitrogens with zero attached hydrogens (tertiary/aromatic N) is 5. The van der Waals surface area contributed by atoms with Crippen molar-refractivity contribution in [3.05, 3.63) is 66.5 Å². The van der Waals surface area contributed by atoms with E-state index in [2.05, 4.69) is 31.1 Å². The van der Waals surface area contributed by atoms with E-state index in [1.165, 1.54) is 6.33 Å². The predicted octanol–water partition coefficient (Wildman–Crippen LogP) is 1.42. The van der Waals surface area contributed by atoms with Crippen molar-refractivity contribution in [2.24, 2.45) is 0 Å². The van der Waals surface area contributed by atoms with Crippen molar-refractivity contribution in [1.29, 1.82) is 0 Å². The van der Waals surface area contributed by atoms with Crippen LogP contribution in [0.15, 0.2) is 60.9 Å². The van der Waals surface area contributed by atoms with Crippen LogP contribution in [-0.4, -0.2) is 62.6 Å². The van der Waals surface area contributed by atoms with Crippen molar-refractivity contribution in [2.75, 3.05) is 25.0 Å². The fourth-order valence-corrected chi connectivity index (χ4v) is 3.67. The first-order chi connectivity index (χ1) is 15.2. The van der Waals surface area contributed by atoms with Crippen molar-refractivity contribution in [3.63, 3.8) is 0 Å². The minimum Gasteiger partial charge on any atom is -0.353 e. The summed E-state index contributed by atoms with van der Waals surface area (Å²) < 4.78 is 1.57. The standard InChI is InChI=1S/C22H25N7O2/c30-21(14-17-6-8-20(9-7-17)29-16-23-26-27-29)24-19-10-12-28(13-11-19)15-22(31)25-18-4-2-1-3-5-18/h1-9,16,19H,10-15H2,(H,24,30)(H,25,31). The largest absolute Gasteiger partial charge is 0.353 e. The molecule has 0 saturated carbocycles. The highest BCUT2D eigenvalue weighted by Gasteiger charge is 2.22. The molecule has 0 aliphatic carbocycles. The lowest BCUT2D eigenvalue weighted by Crippen LogP contribution is -2.46. The maximum Gasteiger partial charge on any atom is 0.238 e. The average Bonchev–Trinajstić information content (AvgIpc) is 3.31. The molecule has 2 aromatic carbocycles. The van der Waals surface area contributed by atoms with Crippen molar-refractivity contribution in [3.8, 4) is 5.69 Å². The Balaban J connectivity index is 1.18. The molecule has 1 aromatic heterocycles. The third-order valence-corrected chi connectivity index (χ3v) is 5.29. The lowest BCUT2D eigenvalue weighted by molar-refractivity contribution is -0.122. The van der Waals surface area contributed by atoms with E-state index in [1.54, 1.807) is 4.68 Å². The van der Waals surface area contributed by atoms with Crippen LogP contribution in [0.2, 0.25) is 0 Å². The quantitative estimate of drug-likeness (QED) is 0.600. The molecule has 1 saturated heterocycles. The number of amides is 2. The van der Waals surface area contributed by atoms with Crippen molar-refractivity contribution < 1.29 is 9.59 Å². The SMILES string of the molecule is O=C(CN1CCC(NC(=O)Cc2ccc(-n3cnnn3)cc2)CC1)Nc1ccccc1. The minimum atomic E-state index is -0.0150. The highest BCUT2D eigenvalue weighted by atomic mass is 16.2.